The molecule has 0 fully saturated rings. The summed E-state index contributed by atoms with van der Waals surface area (Å²) in [5.41, 5.74) is 16.6. The van der Waals surface area contributed by atoms with E-state index in [1.165, 1.54) is 0 Å². The quantitative estimate of drug-likeness (QED) is 0.184. The van der Waals surface area contributed by atoms with E-state index in [0.717, 1.165) is 26.7 Å². The minimum absolute atomic E-state index is 0.219. The van der Waals surface area contributed by atoms with Gasteiger partial charge in [0.1, 0.15) is 0 Å². The van der Waals surface area contributed by atoms with Crippen molar-refractivity contribution in [2.24, 2.45) is 0 Å². The van der Waals surface area contributed by atoms with Crippen LogP contribution in [0.3, 0.4) is 0 Å². The number of rotatable bonds is 4. The van der Waals surface area contributed by atoms with Crippen LogP contribution in [-0.4, -0.2) is 14.9 Å². The molecular formula is C22H29IN2OSi. The Morgan fingerprint density at radius 2 is 1.70 bits per heavy atom. The van der Waals surface area contributed by atoms with E-state index in [2.05, 4.69) is 68.3 Å². The second-order valence-electron chi connectivity index (χ2n) is 8.14. The van der Waals surface area contributed by atoms with Crippen LogP contribution in [0.15, 0.2) is 36.4 Å². The molecule has 0 saturated carbocycles. The Balaban J connectivity index is 2.17. The summed E-state index contributed by atoms with van der Waals surface area (Å²) in [7, 11) is -1.71. The van der Waals surface area contributed by atoms with Crippen molar-refractivity contribution in [2.75, 3.05) is 18.1 Å². The number of halogens is 1. The molecule has 0 spiro atoms. The average molecular weight is 492 g/mol. The van der Waals surface area contributed by atoms with Crippen LogP contribution < -0.4 is 11.5 Å². The molecule has 2 aromatic carbocycles. The van der Waals surface area contributed by atoms with Gasteiger partial charge in [0.25, 0.3) is 0 Å². The van der Waals surface area contributed by atoms with Gasteiger partial charge in [-0.3, -0.25) is 0 Å². The molecule has 0 radical (unpaired) electrons. The number of nitrogen functional groups attached to an aromatic ring is 2. The summed E-state index contributed by atoms with van der Waals surface area (Å²) < 4.78 is 7.08. The lowest BCUT2D eigenvalue weighted by molar-refractivity contribution is 0.296. The molecule has 5 heteroatoms. The lowest BCUT2D eigenvalue weighted by Crippen LogP contribution is -2.40. The summed E-state index contributed by atoms with van der Waals surface area (Å²) in [6.07, 6.45) is 0.718. The van der Waals surface area contributed by atoms with Crippen molar-refractivity contribution in [3.8, 4) is 23.0 Å². The van der Waals surface area contributed by atoms with E-state index < -0.39 is 8.32 Å². The Morgan fingerprint density at radius 3 is 2.37 bits per heavy atom. The fourth-order valence-corrected chi connectivity index (χ4v) is 3.92. The van der Waals surface area contributed by atoms with Crippen molar-refractivity contribution in [2.45, 2.75) is 45.3 Å². The van der Waals surface area contributed by atoms with E-state index in [4.69, 9.17) is 15.9 Å². The fraction of sp³-hybridized carbons (Fsp3) is 0.364. The molecule has 0 aliphatic heterocycles. The number of benzene rings is 2. The van der Waals surface area contributed by atoms with Crippen molar-refractivity contribution in [1.82, 2.24) is 0 Å². The Morgan fingerprint density at radius 1 is 1.04 bits per heavy atom. The zero-order chi connectivity index (χ0) is 20.2. The maximum atomic E-state index is 6.30. The minimum atomic E-state index is -1.71. The molecule has 2 rings (SSSR count). The molecule has 0 amide bonds. The lowest BCUT2D eigenvalue weighted by atomic mass is 9.98. The third-order valence-corrected chi connectivity index (χ3v) is 10.9. The molecule has 0 aliphatic rings. The number of nitrogens with two attached hydrogens (primary N) is 2. The number of hydrogen-bond donors (Lipinski definition) is 2. The third-order valence-electron chi connectivity index (χ3n) is 5.15. The summed E-state index contributed by atoms with van der Waals surface area (Å²) in [6.45, 7) is 12.0. The van der Waals surface area contributed by atoms with Crippen molar-refractivity contribution < 1.29 is 4.43 Å². The molecule has 27 heavy (non-hydrogen) atoms. The predicted molar refractivity (Wildman–Crippen MR) is 128 cm³/mol. The molecular weight excluding hydrogens is 463 g/mol. The molecule has 4 N–H and O–H groups in total. The van der Waals surface area contributed by atoms with Gasteiger partial charge in [-0.25, -0.2) is 0 Å². The SMILES string of the molecule is CC(C)(C)[Si](C)(C)OCCC#Cc1ccccc1-c1ccc(N)c(I)c1N. The predicted octanol–water partition coefficient (Wildman–Crippen LogP) is 5.89. The first-order chi connectivity index (χ1) is 12.5. The van der Waals surface area contributed by atoms with Crippen LogP contribution in [0.25, 0.3) is 11.1 Å². The maximum absolute atomic E-state index is 6.30. The first-order valence-corrected chi connectivity index (χ1v) is 13.1. The van der Waals surface area contributed by atoms with Gasteiger partial charge in [-0.1, -0.05) is 56.9 Å². The van der Waals surface area contributed by atoms with Crippen LogP contribution in [0.1, 0.15) is 32.8 Å². The van der Waals surface area contributed by atoms with Crippen LogP contribution in [0, 0.1) is 15.4 Å². The highest BCUT2D eigenvalue weighted by Crippen LogP contribution is 2.36. The molecule has 0 heterocycles. The molecule has 0 bridgehead atoms. The number of hydrogen-bond acceptors (Lipinski definition) is 3. The normalized spacial score (nSPS) is 11.8. The van der Waals surface area contributed by atoms with Crippen LogP contribution in [0.2, 0.25) is 18.1 Å². The van der Waals surface area contributed by atoms with Gasteiger partial charge in [0.2, 0.25) is 0 Å². The van der Waals surface area contributed by atoms with Crippen LogP contribution in [-0.2, 0) is 4.43 Å². The maximum Gasteiger partial charge on any atom is 0.192 e. The molecule has 3 nitrogen and oxygen atoms in total. The Kier molecular flexibility index (Phi) is 7.01. The Labute approximate surface area is 178 Å². The molecule has 2 aromatic rings. The lowest BCUT2D eigenvalue weighted by Gasteiger charge is -2.35. The Hall–Kier alpha value is -1.49. The second kappa shape index (κ2) is 8.68. The molecule has 0 aromatic heterocycles. The fourth-order valence-electron chi connectivity index (χ4n) is 2.40. The van der Waals surface area contributed by atoms with Gasteiger partial charge in [0.15, 0.2) is 8.32 Å². The largest absolute Gasteiger partial charge is 0.416 e. The summed E-state index contributed by atoms with van der Waals surface area (Å²) in [5.74, 6) is 6.56. The first kappa shape index (κ1) is 21.8. The van der Waals surface area contributed by atoms with Gasteiger partial charge in [0, 0.05) is 29.8 Å². The van der Waals surface area contributed by atoms with Crippen molar-refractivity contribution >= 4 is 42.3 Å². The smallest absolute Gasteiger partial charge is 0.192 e. The van der Waals surface area contributed by atoms with E-state index in [1.807, 2.05) is 36.4 Å². The monoisotopic (exact) mass is 492 g/mol. The first-order valence-electron chi connectivity index (χ1n) is 9.10. The molecule has 0 saturated heterocycles. The van der Waals surface area contributed by atoms with Crippen molar-refractivity contribution in [3.63, 3.8) is 0 Å². The van der Waals surface area contributed by atoms with Crippen molar-refractivity contribution in [1.29, 1.82) is 0 Å². The van der Waals surface area contributed by atoms with E-state index in [0.29, 0.717) is 18.0 Å². The standard InChI is InChI=1S/C22H29IN2OSi/c1-22(2,3)27(4,5)26-15-9-8-11-16-10-6-7-12-17(16)18-13-14-19(24)20(23)21(18)25/h6-7,10,12-14H,9,15,24-25H2,1-5H3. The van der Waals surface area contributed by atoms with Crippen LogP contribution in [0.5, 0.6) is 0 Å². The average Bonchev–Trinajstić information content (AvgIpc) is 2.59. The van der Waals surface area contributed by atoms with Gasteiger partial charge in [-0.05, 0) is 58.4 Å². The Bertz CT molecular complexity index is 876. The third kappa shape index (κ3) is 5.28. The highest BCUT2D eigenvalue weighted by Gasteiger charge is 2.36. The second-order valence-corrected chi connectivity index (χ2v) is 14.0. The van der Waals surface area contributed by atoms with E-state index in [9.17, 15) is 0 Å². The minimum Gasteiger partial charge on any atom is -0.416 e. The highest BCUT2D eigenvalue weighted by atomic mass is 127. The summed E-state index contributed by atoms with van der Waals surface area (Å²) in [5, 5.41) is 0.219. The highest BCUT2D eigenvalue weighted by molar-refractivity contribution is 14.1. The van der Waals surface area contributed by atoms with Crippen LogP contribution in [0.4, 0.5) is 11.4 Å². The van der Waals surface area contributed by atoms with E-state index in [-0.39, 0.29) is 5.04 Å². The summed E-state index contributed by atoms with van der Waals surface area (Å²) in [4.78, 5) is 0. The van der Waals surface area contributed by atoms with Gasteiger partial charge in [-0.15, -0.1) is 0 Å². The van der Waals surface area contributed by atoms with Gasteiger partial charge in [0.05, 0.1) is 9.26 Å². The van der Waals surface area contributed by atoms with Crippen LogP contribution >= 0.6 is 22.6 Å². The van der Waals surface area contributed by atoms with E-state index in [1.54, 1.807) is 0 Å². The molecule has 0 aliphatic carbocycles. The van der Waals surface area contributed by atoms with Crippen molar-refractivity contribution in [3.05, 3.63) is 45.5 Å². The summed E-state index contributed by atoms with van der Waals surface area (Å²) >= 11 is 2.19. The van der Waals surface area contributed by atoms with E-state index >= 15 is 0 Å². The summed E-state index contributed by atoms with van der Waals surface area (Å²) in [6, 6.07) is 11.9. The van der Waals surface area contributed by atoms with Gasteiger partial charge in [-0.2, -0.15) is 0 Å². The zero-order valence-corrected chi connectivity index (χ0v) is 20.0. The molecule has 0 atom stereocenters. The topological polar surface area (TPSA) is 61.3 Å². The molecule has 0 unspecified atom stereocenters. The number of anilines is 2. The van der Waals surface area contributed by atoms with Gasteiger partial charge >= 0.3 is 0 Å². The zero-order valence-electron chi connectivity index (χ0n) is 16.8. The van der Waals surface area contributed by atoms with Gasteiger partial charge < -0.3 is 15.9 Å². The molecule has 144 valence electrons.